The van der Waals surface area contributed by atoms with Crippen molar-refractivity contribution in [3.8, 4) is 0 Å². The molecule has 24 heavy (non-hydrogen) atoms. The summed E-state index contributed by atoms with van der Waals surface area (Å²) in [6.07, 6.45) is 9.20. The molecule has 1 heterocycles. The molecule has 1 aromatic heterocycles. The van der Waals surface area contributed by atoms with Gasteiger partial charge in [0.25, 0.3) is 15.7 Å². The minimum atomic E-state index is -4.14. The largest absolute Gasteiger partial charge is 0.288 e. The molecule has 0 fully saturated rings. The summed E-state index contributed by atoms with van der Waals surface area (Å²) in [7, 11) is -4.14. The topological polar surface area (TPSA) is 119 Å². The van der Waals surface area contributed by atoms with Gasteiger partial charge in [-0.25, -0.2) is 13.1 Å². The van der Waals surface area contributed by atoms with Crippen LogP contribution in [0.15, 0.2) is 23.4 Å². The van der Waals surface area contributed by atoms with Gasteiger partial charge in [-0.1, -0.05) is 45.4 Å². The van der Waals surface area contributed by atoms with Gasteiger partial charge < -0.3 is 0 Å². The monoisotopic (exact) mass is 357 g/mol. The van der Waals surface area contributed by atoms with Crippen LogP contribution in [0.4, 0.5) is 5.69 Å². The zero-order chi connectivity index (χ0) is 18.0. The van der Waals surface area contributed by atoms with E-state index in [0.717, 1.165) is 37.7 Å². The van der Waals surface area contributed by atoms with E-state index in [1.54, 1.807) is 0 Å². The average Bonchev–Trinajstić information content (AvgIpc) is 2.53. The summed E-state index contributed by atoms with van der Waals surface area (Å²) in [6.45, 7) is 2.14. The maximum atomic E-state index is 12.0. The molecule has 1 rings (SSSR count). The van der Waals surface area contributed by atoms with E-state index < -0.39 is 31.4 Å². The number of hydrogen-bond acceptors (Lipinski definition) is 6. The number of nitrogens with one attached hydrogen (secondary N) is 1. The van der Waals surface area contributed by atoms with Crippen LogP contribution in [0.1, 0.15) is 58.3 Å². The molecule has 0 aliphatic heterocycles. The lowest BCUT2D eigenvalue weighted by atomic mass is 10.1. The second kappa shape index (κ2) is 9.96. The highest BCUT2D eigenvalue weighted by Crippen LogP contribution is 2.15. The third-order valence-electron chi connectivity index (χ3n) is 3.48. The molecular weight excluding hydrogens is 334 g/mol. The molecule has 0 spiro atoms. The Bertz CT molecular complexity index is 661. The van der Waals surface area contributed by atoms with E-state index in [4.69, 9.17) is 0 Å². The van der Waals surface area contributed by atoms with Crippen molar-refractivity contribution in [2.45, 2.75) is 63.2 Å². The number of nitrogens with zero attached hydrogens (tertiary/aromatic N) is 2. The standard InChI is InChI=1S/C15H23N3O5S/c1-2-3-4-5-6-7-8-9-15(19)17-24(22,23)14-10-13(18(20)21)11-16-12-14/h10-12H,2-9H2,1H3,(H,17,19). The van der Waals surface area contributed by atoms with Crippen molar-refractivity contribution >= 4 is 21.6 Å². The molecule has 0 aromatic carbocycles. The van der Waals surface area contributed by atoms with Gasteiger partial charge in [0.1, 0.15) is 11.1 Å². The van der Waals surface area contributed by atoms with Gasteiger partial charge in [-0.15, -0.1) is 0 Å². The molecule has 0 aliphatic rings. The average molecular weight is 357 g/mol. The van der Waals surface area contributed by atoms with Gasteiger partial charge in [-0.2, -0.15) is 0 Å². The molecule has 0 saturated heterocycles. The van der Waals surface area contributed by atoms with E-state index in [9.17, 15) is 23.3 Å². The summed E-state index contributed by atoms with van der Waals surface area (Å²) in [4.78, 5) is 24.8. The van der Waals surface area contributed by atoms with Gasteiger partial charge in [0.15, 0.2) is 0 Å². The van der Waals surface area contributed by atoms with E-state index in [-0.39, 0.29) is 6.42 Å². The number of sulfonamides is 1. The Hall–Kier alpha value is -2.03. The van der Waals surface area contributed by atoms with Gasteiger partial charge in [0.05, 0.1) is 4.92 Å². The summed E-state index contributed by atoms with van der Waals surface area (Å²) < 4.78 is 26.0. The lowest BCUT2D eigenvalue weighted by Gasteiger charge is -2.06. The Kier molecular flexibility index (Phi) is 8.31. The quantitative estimate of drug-likeness (QED) is 0.369. The van der Waals surface area contributed by atoms with Crippen LogP contribution >= 0.6 is 0 Å². The van der Waals surface area contributed by atoms with Crippen LogP contribution in [0.25, 0.3) is 0 Å². The van der Waals surface area contributed by atoms with Crippen molar-refractivity contribution in [3.63, 3.8) is 0 Å². The molecule has 134 valence electrons. The summed E-state index contributed by atoms with van der Waals surface area (Å²) in [5.74, 6) is -0.616. The van der Waals surface area contributed by atoms with Gasteiger partial charge >= 0.3 is 0 Å². The SMILES string of the molecule is CCCCCCCCCC(=O)NS(=O)(=O)c1cncc([N+](=O)[O-])c1. The zero-order valence-corrected chi connectivity index (χ0v) is 14.5. The molecule has 0 aliphatic carbocycles. The number of carbonyl (C=O) groups is 1. The second-order valence-electron chi connectivity index (χ2n) is 5.54. The van der Waals surface area contributed by atoms with E-state index in [1.165, 1.54) is 19.3 Å². The molecule has 0 radical (unpaired) electrons. The third-order valence-corrected chi connectivity index (χ3v) is 4.82. The van der Waals surface area contributed by atoms with Crippen LogP contribution in [-0.2, 0) is 14.8 Å². The molecule has 0 bridgehead atoms. The number of unbranched alkanes of at least 4 members (excludes halogenated alkanes) is 6. The van der Waals surface area contributed by atoms with Gasteiger partial charge in [-0.3, -0.25) is 19.9 Å². The molecule has 1 amide bonds. The first kappa shape index (κ1) is 20.0. The highest BCUT2D eigenvalue weighted by atomic mass is 32.2. The fraction of sp³-hybridized carbons (Fsp3) is 0.600. The Balaban J connectivity index is 2.45. The van der Waals surface area contributed by atoms with Gasteiger partial charge in [0.2, 0.25) is 5.91 Å². The number of hydrogen-bond donors (Lipinski definition) is 1. The first-order chi connectivity index (χ1) is 11.4. The summed E-state index contributed by atoms with van der Waals surface area (Å²) in [6, 6.07) is 0.871. The first-order valence-electron chi connectivity index (χ1n) is 8.02. The summed E-state index contributed by atoms with van der Waals surface area (Å²) in [5.41, 5.74) is -0.447. The highest BCUT2D eigenvalue weighted by Gasteiger charge is 2.20. The van der Waals surface area contributed by atoms with Crippen molar-refractivity contribution in [3.05, 3.63) is 28.6 Å². The smallest absolute Gasteiger partial charge is 0.274 e. The first-order valence-corrected chi connectivity index (χ1v) is 9.50. The van der Waals surface area contributed by atoms with E-state index in [1.807, 2.05) is 4.72 Å². The lowest BCUT2D eigenvalue weighted by Crippen LogP contribution is -2.30. The van der Waals surface area contributed by atoms with Crippen molar-refractivity contribution in [2.24, 2.45) is 0 Å². The molecule has 0 saturated carbocycles. The molecule has 0 unspecified atom stereocenters. The fourth-order valence-electron chi connectivity index (χ4n) is 2.16. The highest BCUT2D eigenvalue weighted by molar-refractivity contribution is 7.90. The molecule has 9 heteroatoms. The maximum absolute atomic E-state index is 12.0. The third kappa shape index (κ3) is 7.03. The molecule has 0 atom stereocenters. The Morgan fingerprint density at radius 2 is 1.79 bits per heavy atom. The minimum Gasteiger partial charge on any atom is -0.274 e. The summed E-state index contributed by atoms with van der Waals surface area (Å²) >= 11 is 0. The Labute approximate surface area is 141 Å². The van der Waals surface area contributed by atoms with Crippen LogP contribution < -0.4 is 4.72 Å². The number of nitro groups is 1. The predicted octanol–water partition coefficient (Wildman–Crippen LogP) is 2.94. The van der Waals surface area contributed by atoms with E-state index in [0.29, 0.717) is 6.42 Å². The van der Waals surface area contributed by atoms with E-state index in [2.05, 4.69) is 11.9 Å². The number of amides is 1. The van der Waals surface area contributed by atoms with Crippen molar-refractivity contribution in [1.82, 2.24) is 9.71 Å². The van der Waals surface area contributed by atoms with E-state index >= 15 is 0 Å². The predicted molar refractivity (Wildman–Crippen MR) is 88.8 cm³/mol. The number of rotatable bonds is 11. The van der Waals surface area contributed by atoms with Gasteiger partial charge in [0, 0.05) is 18.7 Å². The minimum absolute atomic E-state index is 0.107. The lowest BCUT2D eigenvalue weighted by molar-refractivity contribution is -0.385. The summed E-state index contributed by atoms with van der Waals surface area (Å²) in [5, 5.41) is 10.7. The van der Waals surface area contributed by atoms with Crippen LogP contribution in [0.2, 0.25) is 0 Å². The number of aromatic nitrogens is 1. The van der Waals surface area contributed by atoms with Crippen LogP contribution in [0.5, 0.6) is 0 Å². The maximum Gasteiger partial charge on any atom is 0.288 e. The Morgan fingerprint density at radius 3 is 2.42 bits per heavy atom. The van der Waals surface area contributed by atoms with Gasteiger partial charge in [-0.05, 0) is 6.42 Å². The Morgan fingerprint density at radius 1 is 1.17 bits per heavy atom. The van der Waals surface area contributed by atoms with Crippen LogP contribution in [0, 0.1) is 10.1 Å². The molecular formula is C15H23N3O5S. The normalized spacial score (nSPS) is 11.2. The fourth-order valence-corrected chi connectivity index (χ4v) is 3.15. The second-order valence-corrected chi connectivity index (χ2v) is 7.22. The molecule has 8 nitrogen and oxygen atoms in total. The molecule has 1 N–H and O–H groups in total. The number of carbonyl (C=O) groups excluding carboxylic acids is 1. The van der Waals surface area contributed by atoms with Crippen LogP contribution in [-0.4, -0.2) is 24.2 Å². The zero-order valence-electron chi connectivity index (χ0n) is 13.7. The number of pyridine rings is 1. The van der Waals surface area contributed by atoms with Crippen LogP contribution in [0.3, 0.4) is 0 Å². The molecule has 1 aromatic rings. The van der Waals surface area contributed by atoms with Crippen molar-refractivity contribution in [1.29, 1.82) is 0 Å². The van der Waals surface area contributed by atoms with Crippen molar-refractivity contribution < 1.29 is 18.1 Å². The van der Waals surface area contributed by atoms with Crippen molar-refractivity contribution in [2.75, 3.05) is 0 Å².